The van der Waals surface area contributed by atoms with Crippen LogP contribution in [0.3, 0.4) is 0 Å². The van der Waals surface area contributed by atoms with Crippen LogP contribution in [0.15, 0.2) is 11.8 Å². The Morgan fingerprint density at radius 2 is 2.50 bits per heavy atom. The number of thioether (sulfide) groups is 1. The van der Waals surface area contributed by atoms with Gasteiger partial charge in [-0.25, -0.2) is 0 Å². The average molecular weight is 214 g/mol. The van der Waals surface area contributed by atoms with Gasteiger partial charge in [0.1, 0.15) is 0 Å². The van der Waals surface area contributed by atoms with Gasteiger partial charge < -0.3 is 4.74 Å². The predicted molar refractivity (Wildman–Crippen MR) is 60.5 cm³/mol. The van der Waals surface area contributed by atoms with Gasteiger partial charge in [-0.2, -0.15) is 11.8 Å². The molecule has 80 valence electrons. The molecule has 0 fully saturated rings. The molecule has 1 atom stereocenters. The fourth-order valence-electron chi connectivity index (χ4n) is 1.16. The molecule has 1 aliphatic rings. The van der Waals surface area contributed by atoms with E-state index in [1.54, 1.807) is 11.8 Å². The van der Waals surface area contributed by atoms with Crippen LogP contribution < -0.4 is 0 Å². The van der Waals surface area contributed by atoms with Crippen molar-refractivity contribution in [2.75, 3.05) is 12.4 Å². The summed E-state index contributed by atoms with van der Waals surface area (Å²) < 4.78 is 5.30. The Morgan fingerprint density at radius 1 is 1.71 bits per heavy atom. The number of ether oxygens (including phenoxy) is 1. The van der Waals surface area contributed by atoms with Crippen molar-refractivity contribution in [1.29, 1.82) is 0 Å². The van der Waals surface area contributed by atoms with Crippen molar-refractivity contribution in [3.05, 3.63) is 11.8 Å². The first-order valence-corrected chi connectivity index (χ1v) is 6.26. The summed E-state index contributed by atoms with van der Waals surface area (Å²) in [6.07, 6.45) is 5.05. The summed E-state index contributed by atoms with van der Waals surface area (Å²) in [6.45, 7) is 4.98. The minimum absolute atomic E-state index is 0.148. The van der Waals surface area contributed by atoms with Gasteiger partial charge in [-0.1, -0.05) is 13.8 Å². The van der Waals surface area contributed by atoms with E-state index in [-0.39, 0.29) is 5.78 Å². The first-order chi connectivity index (χ1) is 6.74. The second-order valence-corrected chi connectivity index (χ2v) is 4.94. The Bertz CT molecular complexity index is 223. The minimum atomic E-state index is 0.148. The van der Waals surface area contributed by atoms with Crippen LogP contribution in [0.2, 0.25) is 0 Å². The highest BCUT2D eigenvalue weighted by atomic mass is 32.2. The Hall–Kier alpha value is -0.440. The molecule has 0 N–H and O–H groups in total. The van der Waals surface area contributed by atoms with Gasteiger partial charge in [0.05, 0.1) is 12.4 Å². The molecular weight excluding hydrogens is 196 g/mol. The molecular formula is C11H18O2S. The molecule has 0 aromatic carbocycles. The zero-order valence-corrected chi connectivity index (χ0v) is 9.73. The quantitative estimate of drug-likeness (QED) is 0.704. The van der Waals surface area contributed by atoms with Crippen molar-refractivity contribution >= 4 is 17.5 Å². The lowest BCUT2D eigenvalue weighted by molar-refractivity contribution is -0.116. The Kier molecular flexibility index (Phi) is 5.09. The maximum atomic E-state index is 11.6. The van der Waals surface area contributed by atoms with E-state index in [0.717, 1.165) is 19.3 Å². The summed E-state index contributed by atoms with van der Waals surface area (Å²) in [5, 5.41) is 0.558. The molecule has 0 spiro atoms. The zero-order chi connectivity index (χ0) is 10.4. The summed E-state index contributed by atoms with van der Waals surface area (Å²) in [5.74, 6) is 1.29. The number of rotatable bonds is 5. The number of ketones is 1. The van der Waals surface area contributed by atoms with Gasteiger partial charge >= 0.3 is 0 Å². The molecule has 0 bridgehead atoms. The van der Waals surface area contributed by atoms with Gasteiger partial charge in [0.15, 0.2) is 5.76 Å². The van der Waals surface area contributed by atoms with Crippen LogP contribution in [0, 0.1) is 0 Å². The average Bonchev–Trinajstić information content (AvgIpc) is 2.26. The smallest absolute Gasteiger partial charge is 0.206 e. The summed E-state index contributed by atoms with van der Waals surface area (Å²) in [7, 11) is 0. The van der Waals surface area contributed by atoms with Crippen molar-refractivity contribution in [2.24, 2.45) is 0 Å². The lowest BCUT2D eigenvalue weighted by atomic mass is 10.2. The van der Waals surface area contributed by atoms with E-state index in [9.17, 15) is 4.79 Å². The second-order valence-electron chi connectivity index (χ2n) is 3.51. The van der Waals surface area contributed by atoms with Crippen LogP contribution in [0.5, 0.6) is 0 Å². The Morgan fingerprint density at radius 3 is 3.07 bits per heavy atom. The van der Waals surface area contributed by atoms with Crippen molar-refractivity contribution in [3.8, 4) is 0 Å². The van der Waals surface area contributed by atoms with E-state index in [4.69, 9.17) is 4.74 Å². The molecule has 0 saturated carbocycles. The third-order valence-corrected chi connectivity index (χ3v) is 3.62. The van der Waals surface area contributed by atoms with Gasteiger partial charge in [-0.15, -0.1) is 0 Å². The van der Waals surface area contributed by atoms with Crippen LogP contribution in [0.4, 0.5) is 0 Å². The standard InChI is InChI=1S/C11H18O2S/c1-3-9(2)14-8-10(12)11-6-4-5-7-13-11/h6,9H,3-5,7-8H2,1-2H3. The molecule has 1 heterocycles. The number of allylic oxidation sites excluding steroid dienone is 2. The molecule has 2 nitrogen and oxygen atoms in total. The molecule has 0 radical (unpaired) electrons. The lowest BCUT2D eigenvalue weighted by Crippen LogP contribution is -2.14. The zero-order valence-electron chi connectivity index (χ0n) is 8.91. The van der Waals surface area contributed by atoms with Crippen LogP contribution in [-0.4, -0.2) is 23.4 Å². The highest BCUT2D eigenvalue weighted by molar-refractivity contribution is 8.00. The molecule has 0 amide bonds. The van der Waals surface area contributed by atoms with E-state index in [1.165, 1.54) is 0 Å². The van der Waals surface area contributed by atoms with Crippen LogP contribution >= 0.6 is 11.8 Å². The third-order valence-electron chi connectivity index (χ3n) is 2.28. The van der Waals surface area contributed by atoms with Gasteiger partial charge in [0.25, 0.3) is 0 Å². The molecule has 1 unspecified atom stereocenters. The number of carbonyl (C=O) groups is 1. The summed E-state index contributed by atoms with van der Waals surface area (Å²) >= 11 is 1.71. The number of hydrogen-bond donors (Lipinski definition) is 0. The normalized spacial score (nSPS) is 18.3. The Labute approximate surface area is 90.1 Å². The summed E-state index contributed by atoms with van der Waals surface area (Å²) in [4.78, 5) is 11.6. The van der Waals surface area contributed by atoms with Crippen LogP contribution in [0.25, 0.3) is 0 Å². The molecule has 0 aromatic heterocycles. The number of hydrogen-bond acceptors (Lipinski definition) is 3. The van der Waals surface area contributed by atoms with Crippen LogP contribution in [-0.2, 0) is 9.53 Å². The highest BCUT2D eigenvalue weighted by Crippen LogP contribution is 2.17. The SMILES string of the molecule is CCC(C)SCC(=O)C1=CCCCO1. The topological polar surface area (TPSA) is 26.3 Å². The van der Waals surface area contributed by atoms with Gasteiger partial charge in [0.2, 0.25) is 5.78 Å². The largest absolute Gasteiger partial charge is 0.490 e. The van der Waals surface area contributed by atoms with E-state index < -0.39 is 0 Å². The monoisotopic (exact) mass is 214 g/mol. The third kappa shape index (κ3) is 3.74. The number of Topliss-reactive ketones (excluding diaryl/α,β-unsaturated/α-hetero) is 1. The van der Waals surface area contributed by atoms with Crippen molar-refractivity contribution < 1.29 is 9.53 Å². The second kappa shape index (κ2) is 6.12. The molecule has 0 aromatic rings. The number of carbonyl (C=O) groups excluding carboxylic acids is 1. The summed E-state index contributed by atoms with van der Waals surface area (Å²) in [5.41, 5.74) is 0. The molecule has 1 aliphatic heterocycles. The van der Waals surface area contributed by atoms with Crippen molar-refractivity contribution in [2.45, 2.75) is 38.4 Å². The van der Waals surface area contributed by atoms with Gasteiger partial charge in [0, 0.05) is 5.25 Å². The van der Waals surface area contributed by atoms with E-state index in [2.05, 4.69) is 13.8 Å². The van der Waals surface area contributed by atoms with E-state index in [0.29, 0.717) is 23.4 Å². The fourth-order valence-corrected chi connectivity index (χ4v) is 1.97. The highest BCUT2D eigenvalue weighted by Gasteiger charge is 2.14. The van der Waals surface area contributed by atoms with Crippen molar-refractivity contribution in [1.82, 2.24) is 0 Å². The fraction of sp³-hybridized carbons (Fsp3) is 0.727. The maximum Gasteiger partial charge on any atom is 0.206 e. The molecule has 1 rings (SSSR count). The van der Waals surface area contributed by atoms with Crippen LogP contribution in [0.1, 0.15) is 33.1 Å². The first kappa shape index (κ1) is 11.6. The first-order valence-electron chi connectivity index (χ1n) is 5.21. The van der Waals surface area contributed by atoms with E-state index in [1.807, 2.05) is 6.08 Å². The Balaban J connectivity index is 2.30. The lowest BCUT2D eigenvalue weighted by Gasteiger charge is -2.14. The molecule has 0 aliphatic carbocycles. The summed E-state index contributed by atoms with van der Waals surface area (Å²) in [6, 6.07) is 0. The predicted octanol–water partition coefficient (Wildman–Crippen LogP) is 2.78. The van der Waals surface area contributed by atoms with Crippen molar-refractivity contribution in [3.63, 3.8) is 0 Å². The molecule has 0 saturated heterocycles. The maximum absolute atomic E-state index is 11.6. The van der Waals surface area contributed by atoms with Gasteiger partial charge in [-0.3, -0.25) is 4.79 Å². The minimum Gasteiger partial charge on any atom is -0.490 e. The van der Waals surface area contributed by atoms with Gasteiger partial charge in [-0.05, 0) is 25.3 Å². The molecule has 14 heavy (non-hydrogen) atoms. The van der Waals surface area contributed by atoms with E-state index >= 15 is 0 Å². The molecule has 3 heteroatoms.